The molecule has 1 atom stereocenters. The molecule has 0 bridgehead atoms. The van der Waals surface area contributed by atoms with Crippen LogP contribution in [0.4, 0.5) is 5.82 Å². The predicted molar refractivity (Wildman–Crippen MR) is 81.5 cm³/mol. The zero-order valence-corrected chi connectivity index (χ0v) is 12.8. The maximum atomic E-state index is 12.0. The summed E-state index contributed by atoms with van der Waals surface area (Å²) in [5.74, 6) is 0.0958. The number of aliphatic carboxylic acids is 1. The van der Waals surface area contributed by atoms with Crippen LogP contribution < -0.4 is 10.2 Å². The summed E-state index contributed by atoms with van der Waals surface area (Å²) in [5, 5.41) is 11.5. The third-order valence-corrected chi connectivity index (χ3v) is 3.24. The van der Waals surface area contributed by atoms with E-state index in [1.54, 1.807) is 18.3 Å². The summed E-state index contributed by atoms with van der Waals surface area (Å²) in [7, 11) is 3.74. The van der Waals surface area contributed by atoms with Gasteiger partial charge in [-0.05, 0) is 30.9 Å². The first-order chi connectivity index (χ1) is 9.90. The summed E-state index contributed by atoms with van der Waals surface area (Å²) in [5.41, 5.74) is 0.576. The van der Waals surface area contributed by atoms with E-state index in [0.29, 0.717) is 18.5 Å². The molecule has 0 aromatic carbocycles. The first kappa shape index (κ1) is 16.9. The van der Waals surface area contributed by atoms with Gasteiger partial charge in [-0.15, -0.1) is 0 Å². The van der Waals surface area contributed by atoms with Gasteiger partial charge in [-0.25, -0.2) is 4.98 Å². The molecule has 116 valence electrons. The standard InChI is InChI=1S/C15H23N3O3/c1-11(4-5-14(19)20)6-8-17-15(21)12-7-9-16-13(10-12)18(2)3/h7,9-11H,4-6,8H2,1-3H3,(H,17,21)(H,19,20). The van der Waals surface area contributed by atoms with Crippen molar-refractivity contribution in [1.29, 1.82) is 0 Å². The van der Waals surface area contributed by atoms with Gasteiger partial charge in [0.2, 0.25) is 0 Å². The molecule has 0 fully saturated rings. The molecule has 21 heavy (non-hydrogen) atoms. The summed E-state index contributed by atoms with van der Waals surface area (Å²) in [4.78, 5) is 28.5. The lowest BCUT2D eigenvalue weighted by atomic mass is 10.0. The lowest BCUT2D eigenvalue weighted by molar-refractivity contribution is -0.137. The molecule has 6 heteroatoms. The maximum Gasteiger partial charge on any atom is 0.303 e. The van der Waals surface area contributed by atoms with E-state index in [9.17, 15) is 9.59 Å². The predicted octanol–water partition coefficient (Wildman–Crippen LogP) is 1.77. The van der Waals surface area contributed by atoms with Gasteiger partial charge in [-0.1, -0.05) is 6.92 Å². The molecule has 0 aliphatic rings. The monoisotopic (exact) mass is 293 g/mol. The van der Waals surface area contributed by atoms with Crippen LogP contribution in [-0.2, 0) is 4.79 Å². The lowest BCUT2D eigenvalue weighted by Crippen LogP contribution is -2.26. The van der Waals surface area contributed by atoms with E-state index in [1.165, 1.54) is 0 Å². The zero-order chi connectivity index (χ0) is 15.8. The highest BCUT2D eigenvalue weighted by molar-refractivity contribution is 5.94. The van der Waals surface area contributed by atoms with Crippen LogP contribution in [0.3, 0.4) is 0 Å². The number of pyridine rings is 1. The smallest absolute Gasteiger partial charge is 0.303 e. The summed E-state index contributed by atoms with van der Waals surface area (Å²) in [6.45, 7) is 2.53. The SMILES string of the molecule is CC(CCNC(=O)c1ccnc(N(C)C)c1)CCC(=O)O. The van der Waals surface area contributed by atoms with Crippen LogP contribution in [0.1, 0.15) is 36.5 Å². The molecule has 1 amide bonds. The van der Waals surface area contributed by atoms with E-state index in [0.717, 1.165) is 12.2 Å². The van der Waals surface area contributed by atoms with Crippen molar-refractivity contribution in [3.05, 3.63) is 23.9 Å². The molecule has 1 heterocycles. The van der Waals surface area contributed by atoms with Gasteiger partial charge in [-0.2, -0.15) is 0 Å². The molecule has 1 aromatic rings. The maximum absolute atomic E-state index is 12.0. The van der Waals surface area contributed by atoms with Gasteiger partial charge < -0.3 is 15.3 Å². The van der Waals surface area contributed by atoms with Crippen LogP contribution in [-0.4, -0.2) is 42.6 Å². The van der Waals surface area contributed by atoms with E-state index in [4.69, 9.17) is 5.11 Å². The number of hydrogen-bond acceptors (Lipinski definition) is 4. The van der Waals surface area contributed by atoms with E-state index in [2.05, 4.69) is 10.3 Å². The minimum Gasteiger partial charge on any atom is -0.481 e. The molecule has 0 aliphatic heterocycles. The molecule has 1 rings (SSSR count). The van der Waals surface area contributed by atoms with Crippen LogP contribution in [0, 0.1) is 5.92 Å². The second-order valence-electron chi connectivity index (χ2n) is 5.38. The fourth-order valence-electron chi connectivity index (χ4n) is 1.85. The van der Waals surface area contributed by atoms with E-state index < -0.39 is 5.97 Å². The van der Waals surface area contributed by atoms with E-state index in [-0.39, 0.29) is 18.2 Å². The fourth-order valence-corrected chi connectivity index (χ4v) is 1.85. The zero-order valence-electron chi connectivity index (χ0n) is 12.8. The van der Waals surface area contributed by atoms with Crippen molar-refractivity contribution in [2.24, 2.45) is 5.92 Å². The number of nitrogens with zero attached hydrogens (tertiary/aromatic N) is 2. The third-order valence-electron chi connectivity index (χ3n) is 3.24. The van der Waals surface area contributed by atoms with Crippen LogP contribution in [0.5, 0.6) is 0 Å². The Morgan fingerprint density at radius 2 is 2.10 bits per heavy atom. The normalized spacial score (nSPS) is 11.8. The van der Waals surface area contributed by atoms with Gasteiger partial charge in [0.05, 0.1) is 0 Å². The van der Waals surface area contributed by atoms with Crippen LogP contribution in [0.25, 0.3) is 0 Å². The molecule has 0 radical (unpaired) electrons. The van der Waals surface area contributed by atoms with Crippen molar-refractivity contribution in [3.63, 3.8) is 0 Å². The van der Waals surface area contributed by atoms with Crippen molar-refractivity contribution in [2.75, 3.05) is 25.5 Å². The number of carbonyl (C=O) groups excluding carboxylic acids is 1. The van der Waals surface area contributed by atoms with Gasteiger partial charge in [0.1, 0.15) is 5.82 Å². The second-order valence-corrected chi connectivity index (χ2v) is 5.38. The molecule has 0 saturated carbocycles. The Hall–Kier alpha value is -2.11. The average Bonchev–Trinajstić information content (AvgIpc) is 2.45. The van der Waals surface area contributed by atoms with Crippen molar-refractivity contribution in [1.82, 2.24) is 10.3 Å². The van der Waals surface area contributed by atoms with Crippen molar-refractivity contribution < 1.29 is 14.7 Å². The molecular formula is C15H23N3O3. The number of anilines is 1. The number of nitrogens with one attached hydrogen (secondary N) is 1. The molecule has 1 unspecified atom stereocenters. The summed E-state index contributed by atoms with van der Waals surface area (Å²) >= 11 is 0. The summed E-state index contributed by atoms with van der Waals surface area (Å²) in [6.07, 6.45) is 3.18. The summed E-state index contributed by atoms with van der Waals surface area (Å²) < 4.78 is 0. The van der Waals surface area contributed by atoms with Crippen LogP contribution >= 0.6 is 0 Å². The number of hydrogen-bond donors (Lipinski definition) is 2. The van der Waals surface area contributed by atoms with Crippen molar-refractivity contribution >= 4 is 17.7 Å². The van der Waals surface area contributed by atoms with Gasteiger partial charge in [-0.3, -0.25) is 9.59 Å². The molecule has 2 N–H and O–H groups in total. The molecule has 6 nitrogen and oxygen atoms in total. The largest absolute Gasteiger partial charge is 0.481 e. The van der Waals surface area contributed by atoms with E-state index >= 15 is 0 Å². The molecule has 0 spiro atoms. The number of carboxylic acid groups (broad SMARTS) is 1. The molecular weight excluding hydrogens is 270 g/mol. The topological polar surface area (TPSA) is 82.5 Å². The number of carboxylic acids is 1. The van der Waals surface area contributed by atoms with Gasteiger partial charge in [0, 0.05) is 38.8 Å². The fraction of sp³-hybridized carbons (Fsp3) is 0.533. The number of amides is 1. The van der Waals surface area contributed by atoms with Crippen LogP contribution in [0.2, 0.25) is 0 Å². The first-order valence-electron chi connectivity index (χ1n) is 7.03. The first-order valence-corrected chi connectivity index (χ1v) is 7.03. The van der Waals surface area contributed by atoms with E-state index in [1.807, 2.05) is 25.9 Å². The average molecular weight is 293 g/mol. The molecule has 1 aromatic heterocycles. The van der Waals surface area contributed by atoms with Crippen molar-refractivity contribution in [2.45, 2.75) is 26.2 Å². The minimum absolute atomic E-state index is 0.133. The lowest BCUT2D eigenvalue weighted by Gasteiger charge is -2.13. The Morgan fingerprint density at radius 3 is 2.71 bits per heavy atom. The van der Waals surface area contributed by atoms with Gasteiger partial charge in [0.15, 0.2) is 0 Å². The Morgan fingerprint density at radius 1 is 1.38 bits per heavy atom. The number of aromatic nitrogens is 1. The number of carbonyl (C=O) groups is 2. The van der Waals surface area contributed by atoms with Crippen LogP contribution in [0.15, 0.2) is 18.3 Å². The number of rotatable bonds is 8. The van der Waals surface area contributed by atoms with Gasteiger partial charge in [0.25, 0.3) is 5.91 Å². The highest BCUT2D eigenvalue weighted by Crippen LogP contribution is 2.11. The third kappa shape index (κ3) is 6.25. The highest BCUT2D eigenvalue weighted by Gasteiger charge is 2.09. The minimum atomic E-state index is -0.779. The Kier molecular flexibility index (Phi) is 6.65. The summed E-state index contributed by atoms with van der Waals surface area (Å²) in [6, 6.07) is 3.42. The Bertz CT molecular complexity index is 489. The van der Waals surface area contributed by atoms with Crippen molar-refractivity contribution in [3.8, 4) is 0 Å². The highest BCUT2D eigenvalue weighted by atomic mass is 16.4. The Balaban J connectivity index is 2.40. The van der Waals surface area contributed by atoms with Gasteiger partial charge >= 0.3 is 5.97 Å². The quantitative estimate of drug-likeness (QED) is 0.763. The molecule has 0 saturated heterocycles. The Labute approximate surface area is 125 Å². The molecule has 0 aliphatic carbocycles. The second kappa shape index (κ2) is 8.24.